The van der Waals surface area contributed by atoms with E-state index in [2.05, 4.69) is 20.8 Å². The molecule has 0 fully saturated rings. The van der Waals surface area contributed by atoms with Crippen molar-refractivity contribution in [3.8, 4) is 0 Å². The Morgan fingerprint density at radius 3 is 2.47 bits per heavy atom. The van der Waals surface area contributed by atoms with Gasteiger partial charge in [0.15, 0.2) is 5.16 Å². The van der Waals surface area contributed by atoms with E-state index in [1.165, 1.54) is 16.3 Å². The van der Waals surface area contributed by atoms with E-state index in [9.17, 15) is 14.4 Å². The molecular weight excluding hydrogens is 426 g/mol. The predicted molar refractivity (Wildman–Crippen MR) is 126 cm³/mol. The van der Waals surface area contributed by atoms with Gasteiger partial charge in [-0.3, -0.25) is 14.2 Å². The zero-order valence-corrected chi connectivity index (χ0v) is 19.2. The number of H-pyrrole nitrogens is 1. The molecule has 168 valence electrons. The van der Waals surface area contributed by atoms with E-state index in [1.54, 1.807) is 6.92 Å². The van der Waals surface area contributed by atoms with Gasteiger partial charge in [0.25, 0.3) is 0 Å². The Labute approximate surface area is 190 Å². The van der Waals surface area contributed by atoms with Gasteiger partial charge in [0.1, 0.15) is 0 Å². The number of aryl methyl sites for hydroxylation is 3. The summed E-state index contributed by atoms with van der Waals surface area (Å²) in [5, 5.41) is 11.9. The minimum Gasteiger partial charge on any atom is -0.346 e. The summed E-state index contributed by atoms with van der Waals surface area (Å²) in [4.78, 5) is 36.9. The van der Waals surface area contributed by atoms with Crippen molar-refractivity contribution in [3.05, 3.63) is 75.7 Å². The van der Waals surface area contributed by atoms with E-state index in [0.717, 1.165) is 22.4 Å². The third-order valence-electron chi connectivity index (χ3n) is 5.01. The number of thioether (sulfide) groups is 1. The summed E-state index contributed by atoms with van der Waals surface area (Å²) in [6.45, 7) is 5.86. The number of hydrogen-bond donors (Lipinski definition) is 3. The second-order valence-corrected chi connectivity index (χ2v) is 8.80. The Hall–Kier alpha value is -3.33. The molecule has 0 unspecified atom stereocenters. The molecule has 0 bridgehead atoms. The Bertz CT molecular complexity index is 1120. The number of anilines is 1. The summed E-state index contributed by atoms with van der Waals surface area (Å²) in [7, 11) is 0. The molecule has 3 aromatic rings. The fraction of sp³-hybridized carbons (Fsp3) is 0.304. The van der Waals surface area contributed by atoms with Crippen LogP contribution >= 0.6 is 11.8 Å². The summed E-state index contributed by atoms with van der Waals surface area (Å²) in [5.41, 5.74) is 3.47. The largest absolute Gasteiger partial charge is 0.346 e. The molecule has 2 aromatic carbocycles. The number of carbonyl (C=O) groups is 2. The van der Waals surface area contributed by atoms with Crippen molar-refractivity contribution >= 4 is 29.3 Å². The highest BCUT2D eigenvalue weighted by molar-refractivity contribution is 8.00. The molecule has 0 spiro atoms. The lowest BCUT2D eigenvalue weighted by Gasteiger charge is -2.14. The van der Waals surface area contributed by atoms with Gasteiger partial charge in [-0.1, -0.05) is 60.3 Å². The van der Waals surface area contributed by atoms with Crippen LogP contribution in [0.2, 0.25) is 0 Å². The molecule has 32 heavy (non-hydrogen) atoms. The normalized spacial score (nSPS) is 11.7. The molecule has 0 saturated heterocycles. The monoisotopic (exact) mass is 453 g/mol. The van der Waals surface area contributed by atoms with Crippen LogP contribution in [0.3, 0.4) is 0 Å². The van der Waals surface area contributed by atoms with Crippen molar-refractivity contribution < 1.29 is 9.59 Å². The van der Waals surface area contributed by atoms with Crippen molar-refractivity contribution in [2.24, 2.45) is 0 Å². The summed E-state index contributed by atoms with van der Waals surface area (Å²) >= 11 is 1.17. The summed E-state index contributed by atoms with van der Waals surface area (Å²) in [6.07, 6.45) is 0.674. The lowest BCUT2D eigenvalue weighted by Crippen LogP contribution is -2.37. The van der Waals surface area contributed by atoms with Crippen molar-refractivity contribution in [2.45, 2.75) is 44.1 Å². The number of nitrogens with zero attached hydrogens (tertiary/aromatic N) is 2. The molecule has 0 saturated carbocycles. The second-order valence-electron chi connectivity index (χ2n) is 7.49. The van der Waals surface area contributed by atoms with E-state index in [0.29, 0.717) is 18.1 Å². The van der Waals surface area contributed by atoms with E-state index in [1.807, 2.05) is 62.4 Å². The van der Waals surface area contributed by atoms with Crippen LogP contribution in [0.5, 0.6) is 0 Å². The Morgan fingerprint density at radius 2 is 1.78 bits per heavy atom. The number of carbonyl (C=O) groups excluding carboxylic acids is 2. The first-order valence-electron chi connectivity index (χ1n) is 10.3. The second kappa shape index (κ2) is 10.8. The molecule has 1 aromatic heterocycles. The quantitative estimate of drug-likeness (QED) is 0.432. The standard InChI is InChI=1S/C23H27N5O3S/c1-15-8-7-9-16(2)20(15)25-19(29)14-24-21(30)17(3)32-23-27-26-22(31)28(23)13-12-18-10-5-4-6-11-18/h4-11,17H,12-14H2,1-3H3,(H,24,30)(H,25,29)(H,26,31)/t17-/m1/s1. The van der Waals surface area contributed by atoms with Crippen molar-refractivity contribution in [1.82, 2.24) is 20.1 Å². The fourth-order valence-electron chi connectivity index (χ4n) is 3.19. The van der Waals surface area contributed by atoms with Gasteiger partial charge >= 0.3 is 5.69 Å². The first kappa shape index (κ1) is 23.3. The van der Waals surface area contributed by atoms with Gasteiger partial charge in [-0.15, -0.1) is 5.10 Å². The van der Waals surface area contributed by atoms with Crippen LogP contribution in [0.15, 0.2) is 58.5 Å². The van der Waals surface area contributed by atoms with E-state index in [4.69, 9.17) is 0 Å². The zero-order valence-electron chi connectivity index (χ0n) is 18.3. The number of benzene rings is 2. The number of rotatable bonds is 9. The van der Waals surface area contributed by atoms with E-state index < -0.39 is 5.25 Å². The van der Waals surface area contributed by atoms with Gasteiger partial charge < -0.3 is 10.6 Å². The molecule has 2 amide bonds. The van der Waals surface area contributed by atoms with Crippen LogP contribution in [-0.2, 0) is 22.6 Å². The molecule has 3 N–H and O–H groups in total. The first-order valence-corrected chi connectivity index (χ1v) is 11.2. The average molecular weight is 454 g/mol. The zero-order chi connectivity index (χ0) is 23.1. The highest BCUT2D eigenvalue weighted by atomic mass is 32.2. The van der Waals surface area contributed by atoms with E-state index >= 15 is 0 Å². The number of aromatic amines is 1. The van der Waals surface area contributed by atoms with Crippen LogP contribution in [0.1, 0.15) is 23.6 Å². The Balaban J connectivity index is 1.53. The SMILES string of the molecule is Cc1cccc(C)c1NC(=O)CNC(=O)[C@@H](C)Sc1n[nH]c(=O)n1CCc1ccccc1. The van der Waals surface area contributed by atoms with Crippen LogP contribution in [0.4, 0.5) is 5.69 Å². The third-order valence-corrected chi connectivity index (χ3v) is 6.10. The minimum atomic E-state index is -0.534. The van der Waals surface area contributed by atoms with Gasteiger partial charge in [0, 0.05) is 12.2 Å². The number of aromatic nitrogens is 3. The molecule has 1 atom stereocenters. The third kappa shape index (κ3) is 6.10. The smallest absolute Gasteiger partial charge is 0.343 e. The molecule has 8 nitrogen and oxygen atoms in total. The maximum Gasteiger partial charge on any atom is 0.343 e. The lowest BCUT2D eigenvalue weighted by molar-refractivity contribution is -0.123. The maximum atomic E-state index is 12.5. The highest BCUT2D eigenvalue weighted by Gasteiger charge is 2.20. The van der Waals surface area contributed by atoms with Gasteiger partial charge in [-0.25, -0.2) is 9.89 Å². The van der Waals surface area contributed by atoms with E-state index in [-0.39, 0.29) is 24.0 Å². The predicted octanol–water partition coefficient (Wildman–Crippen LogP) is 2.67. The molecule has 3 rings (SSSR count). The summed E-state index contributed by atoms with van der Waals surface area (Å²) in [5.74, 6) is -0.607. The van der Waals surface area contributed by atoms with Gasteiger partial charge in [0.2, 0.25) is 11.8 Å². The van der Waals surface area contributed by atoms with Crippen LogP contribution in [-0.4, -0.2) is 38.4 Å². The molecular formula is C23H27N5O3S. The summed E-state index contributed by atoms with van der Waals surface area (Å²) in [6, 6.07) is 15.6. The number of hydrogen-bond acceptors (Lipinski definition) is 5. The van der Waals surface area contributed by atoms with Gasteiger partial charge in [-0.05, 0) is 43.9 Å². The fourth-order valence-corrected chi connectivity index (χ4v) is 4.10. The average Bonchev–Trinajstić information content (AvgIpc) is 3.12. The Kier molecular flexibility index (Phi) is 7.88. The van der Waals surface area contributed by atoms with Gasteiger partial charge in [0.05, 0.1) is 11.8 Å². The lowest BCUT2D eigenvalue weighted by atomic mass is 10.1. The molecule has 0 radical (unpaired) electrons. The molecule has 1 heterocycles. The first-order chi connectivity index (χ1) is 15.3. The number of nitrogens with one attached hydrogen (secondary N) is 3. The van der Waals surface area contributed by atoms with Crippen LogP contribution in [0.25, 0.3) is 0 Å². The molecule has 0 aliphatic carbocycles. The highest BCUT2D eigenvalue weighted by Crippen LogP contribution is 2.21. The van der Waals surface area contributed by atoms with Crippen molar-refractivity contribution in [1.29, 1.82) is 0 Å². The van der Waals surface area contributed by atoms with Crippen molar-refractivity contribution in [2.75, 3.05) is 11.9 Å². The Morgan fingerprint density at radius 1 is 1.09 bits per heavy atom. The minimum absolute atomic E-state index is 0.140. The van der Waals surface area contributed by atoms with Crippen LogP contribution in [0, 0.1) is 13.8 Å². The van der Waals surface area contributed by atoms with Gasteiger partial charge in [-0.2, -0.15) is 0 Å². The topological polar surface area (TPSA) is 109 Å². The van der Waals surface area contributed by atoms with Crippen molar-refractivity contribution in [3.63, 3.8) is 0 Å². The molecule has 0 aliphatic rings. The number of para-hydroxylation sites is 1. The molecule has 9 heteroatoms. The maximum absolute atomic E-state index is 12.5. The van der Waals surface area contributed by atoms with Crippen LogP contribution < -0.4 is 16.3 Å². The number of amides is 2. The summed E-state index contributed by atoms with van der Waals surface area (Å²) < 4.78 is 1.52. The molecule has 0 aliphatic heterocycles.